The van der Waals surface area contributed by atoms with Crippen LogP contribution in [0, 0.1) is 18.3 Å². The molecule has 0 amide bonds. The van der Waals surface area contributed by atoms with Gasteiger partial charge in [0.1, 0.15) is 22.5 Å². The smallest absolute Gasteiger partial charge is 0.176 e. The summed E-state index contributed by atoms with van der Waals surface area (Å²) in [5, 5.41) is 14.2. The molecule has 0 spiro atoms. The second-order valence-electron chi connectivity index (χ2n) is 3.43. The van der Waals surface area contributed by atoms with E-state index in [1.165, 1.54) is 23.3 Å². The molecule has 0 N–H and O–H groups in total. The number of hydrogen-bond acceptors (Lipinski definition) is 6. The summed E-state index contributed by atoms with van der Waals surface area (Å²) in [5.41, 5.74) is 1.36. The molecule has 17 heavy (non-hydrogen) atoms. The van der Waals surface area contributed by atoms with E-state index in [9.17, 15) is 0 Å². The highest BCUT2D eigenvalue weighted by atomic mass is 32.2. The first-order valence-corrected chi connectivity index (χ1v) is 6.68. The zero-order chi connectivity index (χ0) is 12.4. The molecular formula is C10H11N5S2. The molecular weight excluding hydrogens is 254 g/mol. The molecule has 0 saturated carbocycles. The Bertz CT molecular complexity index is 578. The molecule has 0 aliphatic heterocycles. The van der Waals surface area contributed by atoms with Crippen LogP contribution in [0.15, 0.2) is 9.37 Å². The van der Waals surface area contributed by atoms with Crippen molar-refractivity contribution in [3.05, 3.63) is 17.1 Å². The Balaban J connectivity index is 2.33. The van der Waals surface area contributed by atoms with Crippen LogP contribution >= 0.6 is 23.3 Å². The van der Waals surface area contributed by atoms with Crippen molar-refractivity contribution in [2.24, 2.45) is 7.05 Å². The zero-order valence-electron chi connectivity index (χ0n) is 9.76. The van der Waals surface area contributed by atoms with Crippen molar-refractivity contribution in [1.82, 2.24) is 19.1 Å². The maximum absolute atomic E-state index is 9.09. The molecule has 2 aromatic heterocycles. The lowest BCUT2D eigenvalue weighted by Gasteiger charge is -1.97. The van der Waals surface area contributed by atoms with Crippen LogP contribution in [0.3, 0.4) is 0 Å². The van der Waals surface area contributed by atoms with E-state index in [0.29, 0.717) is 5.56 Å². The van der Waals surface area contributed by atoms with Crippen molar-refractivity contribution < 1.29 is 0 Å². The van der Waals surface area contributed by atoms with Crippen molar-refractivity contribution in [2.45, 2.75) is 29.6 Å². The minimum absolute atomic E-state index is 0.616. The molecule has 0 aromatic carbocycles. The summed E-state index contributed by atoms with van der Waals surface area (Å²) in [6.45, 7) is 3.85. The molecule has 88 valence electrons. The normalized spacial score (nSPS) is 10.5. The summed E-state index contributed by atoms with van der Waals surface area (Å²) in [7, 11) is 1.83. The summed E-state index contributed by atoms with van der Waals surface area (Å²) >= 11 is 2.80. The van der Waals surface area contributed by atoms with Gasteiger partial charge in [-0.25, -0.2) is 4.98 Å². The van der Waals surface area contributed by atoms with Crippen LogP contribution in [0.2, 0.25) is 0 Å². The summed E-state index contributed by atoms with van der Waals surface area (Å²) < 4.78 is 6.78. The molecule has 0 aliphatic carbocycles. The van der Waals surface area contributed by atoms with Gasteiger partial charge in [0.25, 0.3) is 0 Å². The lowest BCUT2D eigenvalue weighted by Crippen LogP contribution is -1.92. The van der Waals surface area contributed by atoms with Gasteiger partial charge in [0, 0.05) is 13.5 Å². The molecule has 2 aromatic rings. The predicted octanol–water partition coefficient (Wildman–Crippen LogP) is 2.17. The molecule has 0 fully saturated rings. The predicted molar refractivity (Wildman–Crippen MR) is 66.1 cm³/mol. The average molecular weight is 265 g/mol. The Morgan fingerprint density at radius 1 is 1.53 bits per heavy atom. The largest absolute Gasteiger partial charge is 0.260 e. The SMILES string of the molecule is CCc1nsc(Sc2c(C#N)c(C)nn2C)n1. The van der Waals surface area contributed by atoms with Gasteiger partial charge in [-0.2, -0.15) is 14.7 Å². The number of nitriles is 1. The first kappa shape index (κ1) is 12.1. The van der Waals surface area contributed by atoms with Crippen LogP contribution in [0.5, 0.6) is 0 Å². The lowest BCUT2D eigenvalue weighted by molar-refractivity contribution is 0.691. The van der Waals surface area contributed by atoms with Gasteiger partial charge in [0.2, 0.25) is 0 Å². The third-order valence-corrected chi connectivity index (χ3v) is 4.18. The molecule has 2 rings (SSSR count). The van der Waals surface area contributed by atoms with Crippen LogP contribution < -0.4 is 0 Å². The number of rotatable bonds is 3. The van der Waals surface area contributed by atoms with E-state index in [1.54, 1.807) is 4.68 Å². The summed E-state index contributed by atoms with van der Waals surface area (Å²) in [6, 6.07) is 2.18. The Morgan fingerprint density at radius 2 is 2.29 bits per heavy atom. The fourth-order valence-corrected chi connectivity index (χ4v) is 3.17. The first-order chi connectivity index (χ1) is 8.15. The van der Waals surface area contributed by atoms with Gasteiger partial charge in [-0.15, -0.1) is 0 Å². The Morgan fingerprint density at radius 3 is 2.88 bits per heavy atom. The monoisotopic (exact) mass is 265 g/mol. The van der Waals surface area contributed by atoms with Gasteiger partial charge in [0.05, 0.1) is 5.69 Å². The standard InChI is InChI=1S/C10H11N5S2/c1-4-8-12-10(17-14-8)16-9-7(5-11)6(2)13-15(9)3/h4H2,1-3H3. The van der Waals surface area contributed by atoms with E-state index >= 15 is 0 Å². The average Bonchev–Trinajstić information content (AvgIpc) is 2.85. The Kier molecular flexibility index (Phi) is 3.45. The van der Waals surface area contributed by atoms with Gasteiger partial charge in [-0.1, -0.05) is 6.92 Å². The van der Waals surface area contributed by atoms with Crippen molar-refractivity contribution in [1.29, 1.82) is 5.26 Å². The fourth-order valence-electron chi connectivity index (χ4n) is 1.39. The van der Waals surface area contributed by atoms with E-state index in [2.05, 4.69) is 20.5 Å². The fraction of sp³-hybridized carbons (Fsp3) is 0.400. The Hall–Kier alpha value is -1.39. The maximum Gasteiger partial charge on any atom is 0.176 e. The number of nitrogens with zero attached hydrogens (tertiary/aromatic N) is 5. The summed E-state index contributed by atoms with van der Waals surface area (Å²) in [4.78, 5) is 4.37. The highest BCUT2D eigenvalue weighted by Gasteiger charge is 2.16. The third kappa shape index (κ3) is 2.33. The minimum Gasteiger partial charge on any atom is -0.260 e. The Labute approximate surface area is 108 Å². The van der Waals surface area contributed by atoms with Gasteiger partial charge >= 0.3 is 0 Å². The molecule has 0 atom stereocenters. The van der Waals surface area contributed by atoms with Crippen LogP contribution in [0.4, 0.5) is 0 Å². The van der Waals surface area contributed by atoms with Crippen molar-refractivity contribution in [3.63, 3.8) is 0 Å². The second-order valence-corrected chi connectivity index (χ2v) is 5.42. The number of aromatic nitrogens is 4. The topological polar surface area (TPSA) is 67.4 Å². The molecule has 0 aliphatic rings. The van der Waals surface area contributed by atoms with Crippen molar-refractivity contribution in [3.8, 4) is 6.07 Å². The van der Waals surface area contributed by atoms with Gasteiger partial charge in [-0.3, -0.25) is 4.68 Å². The van der Waals surface area contributed by atoms with Crippen LogP contribution in [0.1, 0.15) is 24.0 Å². The second kappa shape index (κ2) is 4.85. The van der Waals surface area contributed by atoms with Gasteiger partial charge in [0.15, 0.2) is 4.34 Å². The molecule has 0 bridgehead atoms. The first-order valence-electron chi connectivity index (χ1n) is 5.09. The van der Waals surface area contributed by atoms with Crippen molar-refractivity contribution in [2.75, 3.05) is 0 Å². The molecule has 2 heterocycles. The van der Waals surface area contributed by atoms with E-state index in [0.717, 1.165) is 27.3 Å². The van der Waals surface area contributed by atoms with E-state index in [1.807, 2.05) is 20.9 Å². The van der Waals surface area contributed by atoms with E-state index < -0.39 is 0 Å². The third-order valence-electron chi connectivity index (χ3n) is 2.23. The minimum atomic E-state index is 0.616. The highest BCUT2D eigenvalue weighted by Crippen LogP contribution is 2.32. The van der Waals surface area contributed by atoms with Crippen LogP contribution in [-0.2, 0) is 13.5 Å². The highest BCUT2D eigenvalue weighted by molar-refractivity contribution is 8.01. The van der Waals surface area contributed by atoms with Gasteiger partial charge in [-0.05, 0) is 30.2 Å². The number of hydrogen-bond donors (Lipinski definition) is 0. The van der Waals surface area contributed by atoms with E-state index in [4.69, 9.17) is 5.26 Å². The maximum atomic E-state index is 9.09. The molecule has 0 radical (unpaired) electrons. The van der Waals surface area contributed by atoms with Crippen molar-refractivity contribution >= 4 is 23.3 Å². The zero-order valence-corrected chi connectivity index (χ0v) is 11.4. The van der Waals surface area contributed by atoms with Crippen LogP contribution in [0.25, 0.3) is 0 Å². The lowest BCUT2D eigenvalue weighted by atomic mass is 10.3. The molecule has 7 heteroatoms. The number of aryl methyl sites for hydroxylation is 3. The van der Waals surface area contributed by atoms with Gasteiger partial charge < -0.3 is 0 Å². The van der Waals surface area contributed by atoms with E-state index in [-0.39, 0.29) is 0 Å². The van der Waals surface area contributed by atoms with Crippen LogP contribution in [-0.4, -0.2) is 19.1 Å². The quantitative estimate of drug-likeness (QED) is 0.850. The molecule has 5 nitrogen and oxygen atoms in total. The summed E-state index contributed by atoms with van der Waals surface area (Å²) in [6.07, 6.45) is 0.826. The molecule has 0 saturated heterocycles. The summed E-state index contributed by atoms with van der Waals surface area (Å²) in [5.74, 6) is 0.842. The molecule has 0 unspecified atom stereocenters.